The molecule has 1 fully saturated rings. The van der Waals surface area contributed by atoms with Crippen molar-refractivity contribution in [2.75, 3.05) is 0 Å². The molecule has 1 rings (SSSR count). The summed E-state index contributed by atoms with van der Waals surface area (Å²) < 4.78 is 28.5. The molecule has 1 saturated carbocycles. The highest BCUT2D eigenvalue weighted by Crippen LogP contribution is 2.33. The summed E-state index contributed by atoms with van der Waals surface area (Å²) in [4.78, 5) is 22.3. The summed E-state index contributed by atoms with van der Waals surface area (Å²) in [5.74, 6) is -1.49. The van der Waals surface area contributed by atoms with Gasteiger partial charge in [0.05, 0.1) is 0 Å². The van der Waals surface area contributed by atoms with Crippen LogP contribution >= 0.6 is 0 Å². The molecule has 1 aliphatic carbocycles. The number of hydrogen-bond donors (Lipinski definition) is 1. The number of hydrogen-bond acceptors (Lipinski definition) is 4. The molecule has 74 valence electrons. The van der Waals surface area contributed by atoms with E-state index in [1.165, 1.54) is 0 Å². The SMILES string of the molecule is CC(=O)C1(S(=O)(=O)O)CCCC1=O. The van der Waals surface area contributed by atoms with Crippen LogP contribution in [0.15, 0.2) is 0 Å². The van der Waals surface area contributed by atoms with Gasteiger partial charge in [0, 0.05) is 6.42 Å². The monoisotopic (exact) mass is 206 g/mol. The molecule has 6 heteroatoms. The minimum absolute atomic E-state index is 0.0410. The third-order valence-corrected chi connectivity index (χ3v) is 3.99. The number of Topliss-reactive ketones (excluding diaryl/α,β-unsaturated/α-hetero) is 2. The Kier molecular flexibility index (Phi) is 2.29. The van der Waals surface area contributed by atoms with Crippen LogP contribution in [0.25, 0.3) is 0 Å². The van der Waals surface area contributed by atoms with Crippen LogP contribution in [0.1, 0.15) is 26.2 Å². The zero-order valence-electron chi connectivity index (χ0n) is 7.11. The van der Waals surface area contributed by atoms with Gasteiger partial charge in [0.15, 0.2) is 11.6 Å². The smallest absolute Gasteiger partial charge is 0.285 e. The molecule has 0 saturated heterocycles. The van der Waals surface area contributed by atoms with Crippen molar-refractivity contribution in [3.05, 3.63) is 0 Å². The molecule has 0 aromatic heterocycles. The van der Waals surface area contributed by atoms with E-state index in [1.54, 1.807) is 0 Å². The van der Waals surface area contributed by atoms with Gasteiger partial charge in [-0.15, -0.1) is 0 Å². The lowest BCUT2D eigenvalue weighted by Crippen LogP contribution is -2.48. The summed E-state index contributed by atoms with van der Waals surface area (Å²) in [6.45, 7) is 1.01. The lowest BCUT2D eigenvalue weighted by molar-refractivity contribution is -0.128. The Labute approximate surface area is 75.9 Å². The van der Waals surface area contributed by atoms with Gasteiger partial charge in [0.25, 0.3) is 10.1 Å². The van der Waals surface area contributed by atoms with E-state index < -0.39 is 26.4 Å². The van der Waals surface area contributed by atoms with Gasteiger partial charge < -0.3 is 0 Å². The van der Waals surface area contributed by atoms with Crippen molar-refractivity contribution in [2.24, 2.45) is 0 Å². The van der Waals surface area contributed by atoms with Gasteiger partial charge in [-0.2, -0.15) is 8.42 Å². The standard InChI is InChI=1S/C7H10O5S/c1-5(8)7(13(10,11)12)4-2-3-6(7)9/h2-4H2,1H3,(H,10,11,12). The van der Waals surface area contributed by atoms with E-state index in [0.29, 0.717) is 6.42 Å². The zero-order chi connectivity index (χ0) is 10.3. The first-order chi connectivity index (χ1) is 5.82. The van der Waals surface area contributed by atoms with E-state index in [9.17, 15) is 18.0 Å². The minimum Gasteiger partial charge on any atom is -0.298 e. The van der Waals surface area contributed by atoms with E-state index in [-0.39, 0.29) is 12.8 Å². The van der Waals surface area contributed by atoms with Gasteiger partial charge in [0.1, 0.15) is 0 Å². The van der Waals surface area contributed by atoms with Gasteiger partial charge >= 0.3 is 0 Å². The highest BCUT2D eigenvalue weighted by Gasteiger charge is 2.56. The molecule has 0 aromatic rings. The van der Waals surface area contributed by atoms with Crippen LogP contribution in [0.3, 0.4) is 0 Å². The van der Waals surface area contributed by atoms with Crippen molar-refractivity contribution in [2.45, 2.75) is 30.9 Å². The molecule has 0 bridgehead atoms. The number of ketones is 2. The van der Waals surface area contributed by atoms with E-state index >= 15 is 0 Å². The van der Waals surface area contributed by atoms with Gasteiger partial charge in [0.2, 0.25) is 4.75 Å². The predicted molar refractivity (Wildman–Crippen MR) is 43.8 cm³/mol. The molecule has 5 nitrogen and oxygen atoms in total. The van der Waals surface area contributed by atoms with Crippen LogP contribution < -0.4 is 0 Å². The van der Waals surface area contributed by atoms with Crippen molar-refractivity contribution in [1.29, 1.82) is 0 Å². The van der Waals surface area contributed by atoms with Crippen molar-refractivity contribution >= 4 is 21.7 Å². The molecule has 0 spiro atoms. The zero-order valence-corrected chi connectivity index (χ0v) is 7.93. The van der Waals surface area contributed by atoms with Crippen molar-refractivity contribution in [1.82, 2.24) is 0 Å². The summed E-state index contributed by atoms with van der Waals surface area (Å²) in [6.07, 6.45) is 0.275. The highest BCUT2D eigenvalue weighted by atomic mass is 32.2. The van der Waals surface area contributed by atoms with Crippen LogP contribution in [-0.4, -0.2) is 29.3 Å². The lowest BCUT2D eigenvalue weighted by Gasteiger charge is -2.19. The Morgan fingerprint density at radius 1 is 1.54 bits per heavy atom. The van der Waals surface area contributed by atoms with Gasteiger partial charge in [-0.1, -0.05) is 0 Å². The summed E-state index contributed by atoms with van der Waals surface area (Å²) in [6, 6.07) is 0. The first kappa shape index (κ1) is 10.3. The fourth-order valence-electron chi connectivity index (χ4n) is 1.67. The van der Waals surface area contributed by atoms with Crippen LogP contribution in [0, 0.1) is 0 Å². The third kappa shape index (κ3) is 1.30. The number of carbonyl (C=O) groups is 2. The number of rotatable bonds is 2. The van der Waals surface area contributed by atoms with E-state index in [2.05, 4.69) is 0 Å². The Hall–Kier alpha value is -0.750. The van der Waals surface area contributed by atoms with Crippen LogP contribution in [-0.2, 0) is 19.7 Å². The van der Waals surface area contributed by atoms with E-state index in [1.807, 2.05) is 0 Å². The quantitative estimate of drug-likeness (QED) is 0.505. The van der Waals surface area contributed by atoms with Crippen molar-refractivity contribution in [3.63, 3.8) is 0 Å². The predicted octanol–water partition coefficient (Wildman–Crippen LogP) is -0.0450. The van der Waals surface area contributed by atoms with Gasteiger partial charge in [-0.3, -0.25) is 14.1 Å². The summed E-state index contributed by atoms with van der Waals surface area (Å²) >= 11 is 0. The Morgan fingerprint density at radius 2 is 2.08 bits per heavy atom. The van der Waals surface area contributed by atoms with Gasteiger partial charge in [-0.25, -0.2) is 0 Å². The normalized spacial score (nSPS) is 29.2. The molecule has 0 aliphatic heterocycles. The first-order valence-corrected chi connectivity index (χ1v) is 5.28. The van der Waals surface area contributed by atoms with Crippen molar-refractivity contribution < 1.29 is 22.6 Å². The summed E-state index contributed by atoms with van der Waals surface area (Å²) in [7, 11) is -4.61. The lowest BCUT2D eigenvalue weighted by atomic mass is 10.0. The van der Waals surface area contributed by atoms with Crippen LogP contribution in [0.4, 0.5) is 0 Å². The average molecular weight is 206 g/mol. The maximum absolute atomic E-state index is 11.2. The molecular formula is C7H10O5S. The minimum atomic E-state index is -4.61. The molecular weight excluding hydrogens is 196 g/mol. The highest BCUT2D eigenvalue weighted by molar-refractivity contribution is 7.89. The maximum Gasteiger partial charge on any atom is 0.285 e. The topological polar surface area (TPSA) is 88.5 Å². The second kappa shape index (κ2) is 2.88. The summed E-state index contributed by atoms with van der Waals surface area (Å²) in [5.41, 5.74) is 0. The van der Waals surface area contributed by atoms with E-state index in [4.69, 9.17) is 4.55 Å². The van der Waals surface area contributed by atoms with Crippen LogP contribution in [0.5, 0.6) is 0 Å². The molecule has 1 atom stereocenters. The average Bonchev–Trinajstić information content (AvgIpc) is 2.29. The second-order valence-electron chi connectivity index (χ2n) is 3.13. The Morgan fingerprint density at radius 3 is 2.23 bits per heavy atom. The van der Waals surface area contributed by atoms with Gasteiger partial charge in [-0.05, 0) is 19.8 Å². The van der Waals surface area contributed by atoms with Crippen LogP contribution in [0.2, 0.25) is 0 Å². The molecule has 1 unspecified atom stereocenters. The Bertz CT molecular complexity index is 355. The maximum atomic E-state index is 11.2. The molecule has 0 radical (unpaired) electrons. The summed E-state index contributed by atoms with van der Waals surface area (Å²) in [5, 5.41) is 0. The molecule has 13 heavy (non-hydrogen) atoms. The first-order valence-electron chi connectivity index (χ1n) is 3.84. The van der Waals surface area contributed by atoms with Crippen molar-refractivity contribution in [3.8, 4) is 0 Å². The third-order valence-electron chi connectivity index (χ3n) is 2.39. The molecule has 0 aromatic carbocycles. The van der Waals surface area contributed by atoms with E-state index in [0.717, 1.165) is 6.92 Å². The fraction of sp³-hybridized carbons (Fsp3) is 0.714. The largest absolute Gasteiger partial charge is 0.298 e. The molecule has 1 aliphatic rings. The Balaban J connectivity index is 3.33. The molecule has 0 amide bonds. The molecule has 0 heterocycles. The molecule has 1 N–H and O–H groups in total. The fourth-order valence-corrected chi connectivity index (χ4v) is 2.82. The second-order valence-corrected chi connectivity index (χ2v) is 4.78. The number of carbonyl (C=O) groups excluding carboxylic acids is 2.